The topological polar surface area (TPSA) is 108 Å². The number of nitrogens with one attached hydrogen (secondary N) is 4. The van der Waals surface area contributed by atoms with Crippen LogP contribution in [0.1, 0.15) is 67.7 Å². The summed E-state index contributed by atoms with van der Waals surface area (Å²) in [4.78, 5) is 25.7. The Hall–Kier alpha value is -1.02. The maximum absolute atomic E-state index is 13.3. The number of amides is 1. The molecule has 0 aliphatic carbocycles. The highest BCUT2D eigenvalue weighted by Crippen LogP contribution is 2.19. The van der Waals surface area contributed by atoms with E-state index in [2.05, 4.69) is 55.9 Å². The number of unbranched alkanes of at least 4 members (excludes halogenated alkanes) is 1. The Labute approximate surface area is 172 Å². The van der Waals surface area contributed by atoms with Gasteiger partial charge in [0.05, 0.1) is 11.6 Å². The molecule has 0 aromatic rings. The van der Waals surface area contributed by atoms with Crippen LogP contribution in [0.3, 0.4) is 0 Å². The van der Waals surface area contributed by atoms with E-state index in [0.717, 1.165) is 25.9 Å². The highest BCUT2D eigenvalue weighted by atomic mass is 16.2. The van der Waals surface area contributed by atoms with Crippen molar-refractivity contribution in [3.63, 3.8) is 0 Å². The zero-order valence-corrected chi connectivity index (χ0v) is 19.2. The summed E-state index contributed by atoms with van der Waals surface area (Å²) in [5.41, 5.74) is 4.48. The van der Waals surface area contributed by atoms with Crippen molar-refractivity contribution < 1.29 is 9.59 Å². The minimum atomic E-state index is -0.692. The lowest BCUT2D eigenvalue weighted by Gasteiger charge is -2.37. The first-order valence-corrected chi connectivity index (χ1v) is 10.7. The van der Waals surface area contributed by atoms with Crippen molar-refractivity contribution in [3.8, 4) is 0 Å². The third-order valence-electron chi connectivity index (χ3n) is 5.35. The van der Waals surface area contributed by atoms with Crippen LogP contribution in [0.4, 0.5) is 0 Å². The number of hydrogen-bond donors (Lipinski definition) is 5. The summed E-state index contributed by atoms with van der Waals surface area (Å²) in [5, 5.41) is 12.8. The second-order valence-corrected chi connectivity index (χ2v) is 8.94. The second kappa shape index (κ2) is 13.2. The van der Waals surface area contributed by atoms with Gasteiger partial charge in [-0.1, -0.05) is 27.2 Å². The number of carbonyl (C=O) groups is 2. The van der Waals surface area contributed by atoms with Gasteiger partial charge >= 0.3 is 0 Å². The van der Waals surface area contributed by atoms with Crippen molar-refractivity contribution in [3.05, 3.63) is 0 Å². The molecule has 6 N–H and O–H groups in total. The van der Waals surface area contributed by atoms with Gasteiger partial charge in [-0.3, -0.25) is 9.59 Å². The van der Waals surface area contributed by atoms with Crippen LogP contribution in [-0.4, -0.2) is 61.5 Å². The Balaban J connectivity index is 5.04. The molecule has 0 fully saturated rings. The Morgan fingerprint density at radius 1 is 1.00 bits per heavy atom. The van der Waals surface area contributed by atoms with E-state index in [9.17, 15) is 9.59 Å². The number of carbonyl (C=O) groups excluding carboxylic acids is 2. The SMILES string of the molecule is CCCCNC(C)(C)C(=O)C(CC(=O)NCCNCCN)NC(C)(C)C(C)C. The van der Waals surface area contributed by atoms with E-state index in [0.29, 0.717) is 25.6 Å². The predicted octanol–water partition coefficient (Wildman–Crippen LogP) is 1.17. The first-order chi connectivity index (χ1) is 13.0. The molecule has 7 heteroatoms. The Bertz CT molecular complexity index is 464. The van der Waals surface area contributed by atoms with Crippen LogP contribution in [0.15, 0.2) is 0 Å². The van der Waals surface area contributed by atoms with Crippen molar-refractivity contribution >= 4 is 11.7 Å². The molecule has 0 aromatic carbocycles. The molecule has 1 unspecified atom stereocenters. The van der Waals surface area contributed by atoms with E-state index in [1.54, 1.807) is 0 Å². The molecule has 0 heterocycles. The van der Waals surface area contributed by atoms with Gasteiger partial charge in [0, 0.05) is 38.1 Å². The third kappa shape index (κ3) is 10.5. The standard InChI is InChI=1S/C21H45N5O2/c1-8-9-11-25-21(6,7)19(28)17(26-20(4,5)16(2)3)15-18(27)24-14-13-23-12-10-22/h16-17,23,25-26H,8-15,22H2,1-7H3,(H,24,27). The van der Waals surface area contributed by atoms with E-state index in [4.69, 9.17) is 5.73 Å². The third-order valence-corrected chi connectivity index (χ3v) is 5.35. The summed E-state index contributed by atoms with van der Waals surface area (Å²) in [6.45, 7) is 17.6. The Morgan fingerprint density at radius 3 is 2.18 bits per heavy atom. The van der Waals surface area contributed by atoms with Gasteiger partial charge in [-0.2, -0.15) is 0 Å². The van der Waals surface area contributed by atoms with Gasteiger partial charge in [0.15, 0.2) is 5.78 Å². The highest BCUT2D eigenvalue weighted by Gasteiger charge is 2.37. The normalized spacial score (nSPS) is 13.6. The fraction of sp³-hybridized carbons (Fsp3) is 0.905. The molecule has 7 nitrogen and oxygen atoms in total. The molecule has 0 aliphatic heterocycles. The van der Waals surface area contributed by atoms with Gasteiger partial charge in [0.25, 0.3) is 0 Å². The summed E-state index contributed by atoms with van der Waals surface area (Å²) in [5.74, 6) is 0.223. The summed E-state index contributed by atoms with van der Waals surface area (Å²) < 4.78 is 0. The zero-order chi connectivity index (χ0) is 21.8. The number of hydrogen-bond acceptors (Lipinski definition) is 6. The average molecular weight is 400 g/mol. The van der Waals surface area contributed by atoms with E-state index >= 15 is 0 Å². The first kappa shape index (κ1) is 27.0. The Kier molecular flexibility index (Phi) is 12.8. The highest BCUT2D eigenvalue weighted by molar-refractivity contribution is 5.95. The molecule has 166 valence electrons. The summed E-state index contributed by atoms with van der Waals surface area (Å²) >= 11 is 0. The molecule has 0 radical (unpaired) electrons. The number of Topliss-reactive ketones (excluding diaryl/α,β-unsaturated/α-hetero) is 1. The molecule has 0 bridgehead atoms. The van der Waals surface area contributed by atoms with Crippen LogP contribution in [0.2, 0.25) is 0 Å². The maximum atomic E-state index is 13.3. The van der Waals surface area contributed by atoms with Gasteiger partial charge in [-0.05, 0) is 46.6 Å². The van der Waals surface area contributed by atoms with Gasteiger partial charge in [-0.25, -0.2) is 0 Å². The second-order valence-electron chi connectivity index (χ2n) is 8.94. The maximum Gasteiger partial charge on any atom is 0.222 e. The van der Waals surface area contributed by atoms with E-state index in [1.165, 1.54) is 0 Å². The van der Waals surface area contributed by atoms with Gasteiger partial charge < -0.3 is 27.0 Å². The number of nitrogens with two attached hydrogens (primary N) is 1. The number of ketones is 1. The number of rotatable bonds is 16. The van der Waals surface area contributed by atoms with Crippen LogP contribution in [0.25, 0.3) is 0 Å². The molecule has 0 saturated heterocycles. The predicted molar refractivity (Wildman–Crippen MR) is 117 cm³/mol. The van der Waals surface area contributed by atoms with Crippen LogP contribution in [0.5, 0.6) is 0 Å². The van der Waals surface area contributed by atoms with Crippen LogP contribution < -0.4 is 27.0 Å². The summed E-state index contributed by atoms with van der Waals surface area (Å²) in [6.07, 6.45) is 2.22. The quantitative estimate of drug-likeness (QED) is 0.249. The molecule has 0 aliphatic rings. The minimum absolute atomic E-state index is 0.0220. The van der Waals surface area contributed by atoms with Gasteiger partial charge in [0.1, 0.15) is 0 Å². The summed E-state index contributed by atoms with van der Waals surface area (Å²) in [7, 11) is 0. The van der Waals surface area contributed by atoms with Crippen LogP contribution >= 0.6 is 0 Å². The van der Waals surface area contributed by atoms with E-state index in [1.807, 2.05) is 13.8 Å². The fourth-order valence-corrected chi connectivity index (χ4v) is 2.70. The first-order valence-electron chi connectivity index (χ1n) is 10.7. The van der Waals surface area contributed by atoms with Gasteiger partial charge in [0.2, 0.25) is 5.91 Å². The van der Waals surface area contributed by atoms with Crippen LogP contribution in [-0.2, 0) is 9.59 Å². The molecular weight excluding hydrogens is 354 g/mol. The monoisotopic (exact) mass is 399 g/mol. The molecule has 0 spiro atoms. The van der Waals surface area contributed by atoms with E-state index < -0.39 is 11.6 Å². The minimum Gasteiger partial charge on any atom is -0.355 e. The molecule has 28 heavy (non-hydrogen) atoms. The lowest BCUT2D eigenvalue weighted by atomic mass is 9.85. The van der Waals surface area contributed by atoms with E-state index in [-0.39, 0.29) is 23.7 Å². The molecule has 0 aromatic heterocycles. The van der Waals surface area contributed by atoms with Gasteiger partial charge in [-0.15, -0.1) is 0 Å². The molecule has 0 saturated carbocycles. The smallest absolute Gasteiger partial charge is 0.222 e. The zero-order valence-electron chi connectivity index (χ0n) is 19.2. The molecular formula is C21H45N5O2. The summed E-state index contributed by atoms with van der Waals surface area (Å²) in [6, 6.07) is -0.543. The van der Waals surface area contributed by atoms with Crippen molar-refractivity contribution in [2.75, 3.05) is 32.7 Å². The molecule has 1 amide bonds. The Morgan fingerprint density at radius 2 is 1.64 bits per heavy atom. The van der Waals surface area contributed by atoms with Crippen LogP contribution in [0, 0.1) is 5.92 Å². The lowest BCUT2D eigenvalue weighted by molar-refractivity contribution is -0.131. The fourth-order valence-electron chi connectivity index (χ4n) is 2.70. The van der Waals surface area contributed by atoms with Crippen molar-refractivity contribution in [2.24, 2.45) is 11.7 Å². The lowest BCUT2D eigenvalue weighted by Crippen LogP contribution is -2.60. The largest absolute Gasteiger partial charge is 0.355 e. The van der Waals surface area contributed by atoms with Crippen molar-refractivity contribution in [1.82, 2.24) is 21.3 Å². The molecule has 0 rings (SSSR count). The van der Waals surface area contributed by atoms with Crippen molar-refractivity contribution in [1.29, 1.82) is 0 Å². The average Bonchev–Trinajstić information content (AvgIpc) is 2.60. The van der Waals surface area contributed by atoms with Crippen molar-refractivity contribution in [2.45, 2.75) is 84.8 Å². The molecule has 1 atom stereocenters.